The van der Waals surface area contributed by atoms with Crippen LogP contribution < -0.4 is 24.4 Å². The van der Waals surface area contributed by atoms with E-state index in [1.54, 1.807) is 0 Å². The highest BCUT2D eigenvalue weighted by atomic mass is 19.4. The van der Waals surface area contributed by atoms with Gasteiger partial charge in [0.25, 0.3) is 0 Å². The van der Waals surface area contributed by atoms with Gasteiger partial charge in [-0.2, -0.15) is 53.9 Å². The summed E-state index contributed by atoms with van der Waals surface area (Å²) in [6, 6.07) is 3.12. The minimum absolute atomic E-state index is 0.0294. The van der Waals surface area contributed by atoms with E-state index < -0.39 is 67.6 Å². The third-order valence-corrected chi connectivity index (χ3v) is 3.70. The normalized spacial score (nSPS) is 12.3. The summed E-state index contributed by atoms with van der Waals surface area (Å²) in [6.45, 7) is -3.73. The molecule has 18 heteroatoms. The summed E-state index contributed by atoms with van der Waals surface area (Å²) in [5.74, 6) is -3.22. The molecule has 0 radical (unpaired) electrons. The highest BCUT2D eigenvalue weighted by Crippen LogP contribution is 2.29. The number of urea groups is 1. The van der Waals surface area contributed by atoms with E-state index in [1.165, 1.54) is 0 Å². The van der Waals surface area contributed by atoms with Gasteiger partial charge in [-0.05, 0) is 24.3 Å². The molecule has 0 saturated carbocycles. The molecule has 2 amide bonds. The molecule has 1 heterocycles. The van der Waals surface area contributed by atoms with Crippen LogP contribution in [0.1, 0.15) is 0 Å². The van der Waals surface area contributed by atoms with E-state index in [2.05, 4.69) is 24.2 Å². The van der Waals surface area contributed by atoms with E-state index in [1.807, 2.05) is 5.32 Å². The van der Waals surface area contributed by atoms with Crippen LogP contribution in [-0.4, -0.2) is 61.1 Å². The highest BCUT2D eigenvalue weighted by molar-refractivity contribution is 6.00. The number of rotatable bonds is 9. The maximum absolute atomic E-state index is 13.0. The van der Waals surface area contributed by atoms with Gasteiger partial charge >= 0.3 is 30.9 Å². The van der Waals surface area contributed by atoms with Crippen molar-refractivity contribution in [3.63, 3.8) is 0 Å². The van der Waals surface area contributed by atoms with Gasteiger partial charge in [0.1, 0.15) is 5.75 Å². The second kappa shape index (κ2) is 10.9. The molecule has 0 spiro atoms. The van der Waals surface area contributed by atoms with Gasteiger partial charge in [0.15, 0.2) is 13.2 Å². The first kappa shape index (κ1) is 28.5. The topological polar surface area (TPSA) is 85.8 Å². The molecule has 2 rings (SSSR count). The SMILES string of the molecule is CN(C(=O)Nc1nc(OCC(F)(F)F)cc(OCC(F)(F)F)n1)c1ccc(OC(F)(F)C(F)F)cc1. The minimum atomic E-state index is -4.82. The largest absolute Gasteiger partial charge is 0.468 e. The lowest BCUT2D eigenvalue weighted by Crippen LogP contribution is -2.33. The molecule has 0 aliphatic rings. The molecule has 0 bridgehead atoms. The summed E-state index contributed by atoms with van der Waals surface area (Å²) >= 11 is 0. The number of benzene rings is 1. The van der Waals surface area contributed by atoms with Crippen LogP contribution in [-0.2, 0) is 0 Å². The number of hydrogen-bond acceptors (Lipinski definition) is 6. The molecule has 36 heavy (non-hydrogen) atoms. The Morgan fingerprint density at radius 2 is 1.39 bits per heavy atom. The Balaban J connectivity index is 2.17. The molecular formula is C18H14F10N4O4. The maximum atomic E-state index is 13.0. The summed E-state index contributed by atoms with van der Waals surface area (Å²) < 4.78 is 137. The maximum Gasteiger partial charge on any atom is 0.461 e. The minimum Gasteiger partial charge on any atom is -0.468 e. The predicted molar refractivity (Wildman–Crippen MR) is 101 cm³/mol. The lowest BCUT2D eigenvalue weighted by Gasteiger charge is -2.20. The fourth-order valence-electron chi connectivity index (χ4n) is 2.16. The molecular weight excluding hydrogens is 526 g/mol. The number of alkyl halides is 10. The van der Waals surface area contributed by atoms with E-state index >= 15 is 0 Å². The molecule has 0 unspecified atom stereocenters. The average Bonchev–Trinajstić information content (AvgIpc) is 2.75. The lowest BCUT2D eigenvalue weighted by atomic mass is 10.3. The zero-order valence-electron chi connectivity index (χ0n) is 17.6. The standard InChI is InChI=1S/C18H14F10N4O4/c1-32(9-2-4-10(5-3-9)36-18(27,28)13(19)20)15(33)31-14-29-11(34-7-16(21,22)23)6-12(30-14)35-8-17(24,25)26/h2-6,13H,7-8H2,1H3,(H,29,30,31,33). The molecule has 1 aromatic heterocycles. The second-order valence-electron chi connectivity index (χ2n) is 6.62. The van der Waals surface area contributed by atoms with Crippen molar-refractivity contribution < 1.29 is 62.9 Å². The van der Waals surface area contributed by atoms with Crippen LogP contribution in [0.5, 0.6) is 17.5 Å². The first-order valence-corrected chi connectivity index (χ1v) is 9.23. The number of aromatic nitrogens is 2. The smallest absolute Gasteiger partial charge is 0.461 e. The van der Waals surface area contributed by atoms with Crippen LogP contribution >= 0.6 is 0 Å². The summed E-state index contributed by atoms with van der Waals surface area (Å²) in [7, 11) is 1.12. The number of amides is 2. The van der Waals surface area contributed by atoms with Gasteiger partial charge in [-0.1, -0.05) is 0 Å². The van der Waals surface area contributed by atoms with Crippen LogP contribution in [0.4, 0.5) is 60.3 Å². The van der Waals surface area contributed by atoms with Crippen molar-refractivity contribution in [2.24, 2.45) is 0 Å². The van der Waals surface area contributed by atoms with Gasteiger partial charge in [-0.25, -0.2) is 4.79 Å². The zero-order valence-corrected chi connectivity index (χ0v) is 17.6. The summed E-state index contributed by atoms with van der Waals surface area (Å²) in [5.41, 5.74) is -0.0294. The number of nitrogens with one attached hydrogen (secondary N) is 1. The van der Waals surface area contributed by atoms with E-state index in [0.29, 0.717) is 6.07 Å². The number of anilines is 2. The molecule has 0 aliphatic heterocycles. The third-order valence-electron chi connectivity index (χ3n) is 3.70. The predicted octanol–water partition coefficient (Wildman–Crippen LogP) is 5.26. The van der Waals surface area contributed by atoms with Gasteiger partial charge < -0.3 is 14.2 Å². The average molecular weight is 540 g/mol. The molecule has 0 atom stereocenters. The molecule has 1 N–H and O–H groups in total. The molecule has 1 aromatic carbocycles. The third kappa shape index (κ3) is 9.14. The number of halogens is 10. The van der Waals surface area contributed by atoms with Crippen molar-refractivity contribution in [2.75, 3.05) is 30.5 Å². The van der Waals surface area contributed by atoms with Gasteiger partial charge in [0.2, 0.25) is 17.7 Å². The Bertz CT molecular complexity index is 996. The zero-order chi connectivity index (χ0) is 27.3. The number of nitrogens with zero attached hydrogens (tertiary/aromatic N) is 3. The van der Waals surface area contributed by atoms with Crippen LogP contribution in [0, 0.1) is 0 Å². The van der Waals surface area contributed by atoms with E-state index in [0.717, 1.165) is 36.2 Å². The first-order chi connectivity index (χ1) is 16.4. The Hall–Kier alpha value is -3.73. The van der Waals surface area contributed by atoms with Crippen LogP contribution in [0.15, 0.2) is 30.3 Å². The molecule has 200 valence electrons. The fourth-order valence-corrected chi connectivity index (χ4v) is 2.16. The van der Waals surface area contributed by atoms with Crippen molar-refractivity contribution in [1.82, 2.24) is 9.97 Å². The first-order valence-electron chi connectivity index (χ1n) is 9.23. The molecule has 0 saturated heterocycles. The molecule has 2 aromatic rings. The summed E-state index contributed by atoms with van der Waals surface area (Å²) in [6.07, 6.45) is -18.5. The quantitative estimate of drug-likeness (QED) is 0.437. The van der Waals surface area contributed by atoms with E-state index in [9.17, 15) is 48.7 Å². The number of carbonyl (C=O) groups is 1. The van der Waals surface area contributed by atoms with Crippen LogP contribution in [0.3, 0.4) is 0 Å². The Kier molecular flexibility index (Phi) is 8.63. The molecule has 0 aliphatic carbocycles. The van der Waals surface area contributed by atoms with Gasteiger partial charge in [0.05, 0.1) is 6.07 Å². The van der Waals surface area contributed by atoms with Crippen molar-refractivity contribution in [3.8, 4) is 17.5 Å². The van der Waals surface area contributed by atoms with E-state index in [-0.39, 0.29) is 5.69 Å². The van der Waals surface area contributed by atoms with Gasteiger partial charge in [0, 0.05) is 12.7 Å². The number of hydrogen-bond donors (Lipinski definition) is 1. The number of ether oxygens (including phenoxy) is 3. The Morgan fingerprint density at radius 3 is 1.81 bits per heavy atom. The second-order valence-corrected chi connectivity index (χ2v) is 6.62. The van der Waals surface area contributed by atoms with Crippen LogP contribution in [0.2, 0.25) is 0 Å². The lowest BCUT2D eigenvalue weighted by molar-refractivity contribution is -0.253. The Labute approximate surface area is 194 Å². The van der Waals surface area contributed by atoms with Gasteiger partial charge in [-0.3, -0.25) is 10.2 Å². The van der Waals surface area contributed by atoms with E-state index in [4.69, 9.17) is 0 Å². The van der Waals surface area contributed by atoms with Crippen molar-refractivity contribution >= 4 is 17.7 Å². The van der Waals surface area contributed by atoms with Crippen molar-refractivity contribution in [1.29, 1.82) is 0 Å². The fraction of sp³-hybridized carbons (Fsp3) is 0.389. The van der Waals surface area contributed by atoms with Crippen molar-refractivity contribution in [3.05, 3.63) is 30.3 Å². The summed E-state index contributed by atoms with van der Waals surface area (Å²) in [4.78, 5) is 20.1. The highest BCUT2D eigenvalue weighted by Gasteiger charge is 2.44. The molecule has 0 fully saturated rings. The monoisotopic (exact) mass is 540 g/mol. The molecule has 8 nitrogen and oxygen atoms in total. The Morgan fingerprint density at radius 1 is 0.917 bits per heavy atom. The van der Waals surface area contributed by atoms with Gasteiger partial charge in [-0.15, -0.1) is 0 Å². The summed E-state index contributed by atoms with van der Waals surface area (Å²) in [5, 5.41) is 1.97. The number of carbonyl (C=O) groups excluding carboxylic acids is 1. The van der Waals surface area contributed by atoms with Crippen LogP contribution in [0.25, 0.3) is 0 Å². The van der Waals surface area contributed by atoms with Crippen molar-refractivity contribution in [2.45, 2.75) is 24.9 Å².